The lowest BCUT2D eigenvalue weighted by molar-refractivity contribution is -0.120. The minimum absolute atomic E-state index is 0.0855. The molecule has 1 aliphatic rings. The lowest BCUT2D eigenvalue weighted by atomic mass is 9.98. The minimum atomic E-state index is -0.396. The normalized spacial score (nSPS) is 16.7. The van der Waals surface area contributed by atoms with Gasteiger partial charge in [0.05, 0.1) is 13.3 Å². The number of carbonyl (C=O) groups is 1. The second-order valence-corrected chi connectivity index (χ2v) is 6.68. The van der Waals surface area contributed by atoms with E-state index in [1.807, 2.05) is 41.4 Å². The number of aromatic nitrogens is 2. The summed E-state index contributed by atoms with van der Waals surface area (Å²) in [5.41, 5.74) is 3.75. The Bertz CT molecular complexity index is 939. The van der Waals surface area contributed by atoms with Crippen LogP contribution in [0.5, 0.6) is 5.75 Å². The monoisotopic (exact) mass is 365 g/mol. The van der Waals surface area contributed by atoms with E-state index in [-0.39, 0.29) is 17.6 Å². The summed E-state index contributed by atoms with van der Waals surface area (Å²) in [4.78, 5) is 14.6. The van der Waals surface area contributed by atoms with Crippen molar-refractivity contribution in [3.8, 4) is 16.9 Å². The zero-order valence-corrected chi connectivity index (χ0v) is 15.0. The van der Waals surface area contributed by atoms with Crippen molar-refractivity contribution in [1.29, 1.82) is 0 Å². The number of anilines is 1. The first kappa shape index (κ1) is 17.3. The number of aromatic amines is 1. The molecule has 5 nitrogen and oxygen atoms in total. The van der Waals surface area contributed by atoms with Crippen molar-refractivity contribution in [2.75, 3.05) is 18.6 Å². The quantitative estimate of drug-likeness (QED) is 0.748. The summed E-state index contributed by atoms with van der Waals surface area (Å²) < 4.78 is 18.8. The van der Waals surface area contributed by atoms with Crippen molar-refractivity contribution >= 4 is 11.6 Å². The summed E-state index contributed by atoms with van der Waals surface area (Å²) in [5, 5.41) is 6.75. The van der Waals surface area contributed by atoms with E-state index in [1.165, 1.54) is 13.2 Å². The Morgan fingerprint density at radius 1 is 1.22 bits per heavy atom. The number of halogens is 1. The van der Waals surface area contributed by atoms with Crippen molar-refractivity contribution < 1.29 is 13.9 Å². The van der Waals surface area contributed by atoms with Gasteiger partial charge in [0.2, 0.25) is 5.91 Å². The van der Waals surface area contributed by atoms with E-state index < -0.39 is 5.82 Å². The van der Waals surface area contributed by atoms with Crippen molar-refractivity contribution in [1.82, 2.24) is 10.2 Å². The number of benzene rings is 2. The Labute approximate surface area is 156 Å². The maximum atomic E-state index is 13.9. The number of rotatable bonds is 5. The van der Waals surface area contributed by atoms with Gasteiger partial charge in [0.15, 0.2) is 11.6 Å². The lowest BCUT2D eigenvalue weighted by Gasteiger charge is -2.17. The van der Waals surface area contributed by atoms with E-state index in [2.05, 4.69) is 10.2 Å². The second-order valence-electron chi connectivity index (χ2n) is 6.68. The number of ether oxygens (including phenoxy) is 1. The van der Waals surface area contributed by atoms with Crippen LogP contribution >= 0.6 is 0 Å². The van der Waals surface area contributed by atoms with Crippen LogP contribution in [0, 0.1) is 11.7 Å². The van der Waals surface area contributed by atoms with Crippen molar-refractivity contribution in [2.45, 2.75) is 12.8 Å². The van der Waals surface area contributed by atoms with E-state index in [0.29, 0.717) is 13.0 Å². The highest BCUT2D eigenvalue weighted by Gasteiger charge is 2.32. The molecule has 1 aliphatic heterocycles. The van der Waals surface area contributed by atoms with Crippen LogP contribution in [-0.4, -0.2) is 29.8 Å². The molecule has 6 heteroatoms. The smallest absolute Gasteiger partial charge is 0.230 e. The summed E-state index contributed by atoms with van der Waals surface area (Å²) in [5.74, 6) is -0.225. The highest BCUT2D eigenvalue weighted by atomic mass is 19.1. The van der Waals surface area contributed by atoms with Crippen LogP contribution in [0.1, 0.15) is 12.0 Å². The predicted octanol–water partition coefficient (Wildman–Crippen LogP) is 3.82. The van der Waals surface area contributed by atoms with Gasteiger partial charge in [-0.15, -0.1) is 0 Å². The standard InChI is InChI=1S/C21H20FN3O2/c1-27-20-7-2-14(11-19(20)22)10-16-8-9-25(21(16)26)18-5-3-15(4-6-18)17-12-23-24-13-17/h2-7,11-13,16H,8-10H2,1H3,(H,23,24). The van der Waals surface area contributed by atoms with Gasteiger partial charge in [0.1, 0.15) is 0 Å². The van der Waals surface area contributed by atoms with Gasteiger partial charge in [-0.2, -0.15) is 5.10 Å². The zero-order valence-electron chi connectivity index (χ0n) is 15.0. The zero-order chi connectivity index (χ0) is 18.8. The number of nitrogens with one attached hydrogen (secondary N) is 1. The molecule has 2 aromatic carbocycles. The average molecular weight is 365 g/mol. The molecule has 1 unspecified atom stereocenters. The molecule has 1 aromatic heterocycles. The molecule has 0 spiro atoms. The summed E-state index contributed by atoms with van der Waals surface area (Å²) >= 11 is 0. The highest BCUT2D eigenvalue weighted by molar-refractivity contribution is 5.97. The number of carbonyl (C=O) groups excluding carboxylic acids is 1. The summed E-state index contributed by atoms with van der Waals surface area (Å²) in [7, 11) is 1.44. The van der Waals surface area contributed by atoms with Gasteiger partial charge in [-0.25, -0.2) is 4.39 Å². The largest absolute Gasteiger partial charge is 0.494 e. The van der Waals surface area contributed by atoms with E-state index in [4.69, 9.17) is 4.74 Å². The number of amides is 1. The lowest BCUT2D eigenvalue weighted by Crippen LogP contribution is -2.27. The van der Waals surface area contributed by atoms with Crippen LogP contribution < -0.4 is 9.64 Å². The molecule has 2 heterocycles. The Balaban J connectivity index is 1.46. The molecule has 0 radical (unpaired) electrons. The molecule has 1 amide bonds. The molecule has 138 valence electrons. The fourth-order valence-electron chi connectivity index (χ4n) is 3.55. The molecule has 1 N–H and O–H groups in total. The third-order valence-corrected chi connectivity index (χ3v) is 5.03. The predicted molar refractivity (Wildman–Crippen MR) is 101 cm³/mol. The molecule has 3 aromatic rings. The summed E-state index contributed by atoms with van der Waals surface area (Å²) in [6.07, 6.45) is 4.89. The molecule has 0 aliphatic carbocycles. The molecule has 0 bridgehead atoms. The molecule has 1 fully saturated rings. The van der Waals surface area contributed by atoms with Crippen LogP contribution in [0.3, 0.4) is 0 Å². The average Bonchev–Trinajstić information content (AvgIpc) is 3.33. The Morgan fingerprint density at radius 3 is 2.70 bits per heavy atom. The number of hydrogen-bond donors (Lipinski definition) is 1. The fourth-order valence-corrected chi connectivity index (χ4v) is 3.55. The Hall–Kier alpha value is -3.15. The molecular formula is C21H20FN3O2. The Morgan fingerprint density at radius 2 is 2.04 bits per heavy atom. The van der Waals surface area contributed by atoms with E-state index in [1.54, 1.807) is 12.3 Å². The maximum absolute atomic E-state index is 13.9. The second kappa shape index (κ2) is 7.23. The molecule has 1 atom stereocenters. The van der Waals surface area contributed by atoms with Gasteiger partial charge < -0.3 is 9.64 Å². The molecule has 1 saturated heterocycles. The number of methoxy groups -OCH3 is 1. The Kier molecular flexibility index (Phi) is 4.62. The topological polar surface area (TPSA) is 58.2 Å². The minimum Gasteiger partial charge on any atom is -0.494 e. The van der Waals surface area contributed by atoms with E-state index in [9.17, 15) is 9.18 Å². The van der Waals surface area contributed by atoms with Gasteiger partial charge in [0.25, 0.3) is 0 Å². The van der Waals surface area contributed by atoms with Gasteiger partial charge in [-0.05, 0) is 48.2 Å². The third kappa shape index (κ3) is 3.43. The van der Waals surface area contributed by atoms with E-state index >= 15 is 0 Å². The van der Waals surface area contributed by atoms with Crippen molar-refractivity contribution in [3.63, 3.8) is 0 Å². The molecule has 4 rings (SSSR count). The van der Waals surface area contributed by atoms with Crippen molar-refractivity contribution in [3.05, 3.63) is 66.2 Å². The highest BCUT2D eigenvalue weighted by Crippen LogP contribution is 2.30. The number of H-pyrrole nitrogens is 1. The van der Waals surface area contributed by atoms with Crippen LogP contribution in [0.25, 0.3) is 11.1 Å². The van der Waals surface area contributed by atoms with Crippen LogP contribution in [0.2, 0.25) is 0 Å². The number of hydrogen-bond acceptors (Lipinski definition) is 3. The van der Waals surface area contributed by atoms with Crippen LogP contribution in [-0.2, 0) is 11.2 Å². The molecular weight excluding hydrogens is 345 g/mol. The van der Waals surface area contributed by atoms with Crippen LogP contribution in [0.15, 0.2) is 54.9 Å². The van der Waals surface area contributed by atoms with Gasteiger partial charge in [-0.3, -0.25) is 9.89 Å². The molecule has 27 heavy (non-hydrogen) atoms. The molecule has 0 saturated carbocycles. The maximum Gasteiger partial charge on any atom is 0.230 e. The summed E-state index contributed by atoms with van der Waals surface area (Å²) in [6, 6.07) is 12.8. The van der Waals surface area contributed by atoms with Crippen molar-refractivity contribution in [2.24, 2.45) is 5.92 Å². The van der Waals surface area contributed by atoms with Crippen LogP contribution in [0.4, 0.5) is 10.1 Å². The SMILES string of the molecule is COc1ccc(CC2CCN(c3ccc(-c4cn[nH]c4)cc3)C2=O)cc1F. The van der Waals surface area contributed by atoms with Gasteiger partial charge >= 0.3 is 0 Å². The fraction of sp³-hybridized carbons (Fsp3) is 0.238. The first-order chi connectivity index (χ1) is 13.2. The third-order valence-electron chi connectivity index (χ3n) is 5.03. The van der Waals surface area contributed by atoms with E-state index in [0.717, 1.165) is 28.8 Å². The first-order valence-corrected chi connectivity index (χ1v) is 8.88. The first-order valence-electron chi connectivity index (χ1n) is 8.88. The number of nitrogens with zero attached hydrogens (tertiary/aromatic N) is 2. The van der Waals surface area contributed by atoms with Gasteiger partial charge in [-0.1, -0.05) is 18.2 Å². The summed E-state index contributed by atoms with van der Waals surface area (Å²) in [6.45, 7) is 0.674. The van der Waals surface area contributed by atoms with Gasteiger partial charge in [0, 0.05) is 29.9 Å².